The van der Waals surface area contributed by atoms with Gasteiger partial charge in [-0.05, 0) is 18.6 Å². The first-order valence-electron chi connectivity index (χ1n) is 5.26. The summed E-state index contributed by atoms with van der Waals surface area (Å²) >= 11 is 0. The number of aromatic hydroxyl groups is 1. The Morgan fingerprint density at radius 3 is 2.50 bits per heavy atom. The minimum absolute atomic E-state index is 0.0105. The Morgan fingerprint density at radius 1 is 1.28 bits per heavy atom. The molecule has 0 radical (unpaired) electrons. The second kappa shape index (κ2) is 6.39. The van der Waals surface area contributed by atoms with Gasteiger partial charge in [-0.2, -0.15) is 0 Å². The summed E-state index contributed by atoms with van der Waals surface area (Å²) in [6.07, 6.45) is 0.875. The van der Waals surface area contributed by atoms with Crippen molar-refractivity contribution in [2.75, 3.05) is 0 Å². The van der Waals surface area contributed by atoms with Gasteiger partial charge >= 0.3 is 11.9 Å². The Labute approximate surface area is 103 Å². The molecule has 0 aliphatic carbocycles. The van der Waals surface area contributed by atoms with E-state index in [0.717, 1.165) is 0 Å². The van der Waals surface area contributed by atoms with Crippen LogP contribution >= 0.6 is 0 Å². The molecule has 0 saturated carbocycles. The number of nitrogens with zero attached hydrogens (tertiary/aromatic N) is 1. The Hall–Kier alpha value is -2.37. The van der Waals surface area contributed by atoms with Crippen molar-refractivity contribution in [3.63, 3.8) is 0 Å². The maximum atomic E-state index is 10.8. The van der Waals surface area contributed by atoms with Gasteiger partial charge in [-0.15, -0.1) is 0 Å². The highest BCUT2D eigenvalue weighted by Gasteiger charge is 2.16. The normalized spacial score (nSPS) is 12.4. The Bertz CT molecular complexity index is 469. The molecule has 0 bridgehead atoms. The van der Waals surface area contributed by atoms with Crippen LogP contribution in [-0.2, 0) is 9.59 Å². The van der Waals surface area contributed by atoms with Gasteiger partial charge in [0.25, 0.3) is 0 Å². The van der Waals surface area contributed by atoms with E-state index in [0.29, 0.717) is 5.56 Å². The minimum atomic E-state index is -1.19. The van der Waals surface area contributed by atoms with Gasteiger partial charge in [-0.3, -0.25) is 9.79 Å². The van der Waals surface area contributed by atoms with Crippen molar-refractivity contribution < 1.29 is 24.9 Å². The number of aliphatic imine (C=N–C) groups is 1. The molecule has 18 heavy (non-hydrogen) atoms. The predicted octanol–water partition coefficient (Wildman–Crippen LogP) is 1.13. The van der Waals surface area contributed by atoms with Crippen LogP contribution in [0.2, 0.25) is 0 Å². The summed E-state index contributed by atoms with van der Waals surface area (Å²) in [5.41, 5.74) is 0.388. The highest BCUT2D eigenvalue weighted by molar-refractivity contribution is 5.86. The second-order valence-electron chi connectivity index (χ2n) is 3.62. The van der Waals surface area contributed by atoms with Gasteiger partial charge in [0, 0.05) is 18.2 Å². The zero-order chi connectivity index (χ0) is 13.5. The second-order valence-corrected chi connectivity index (χ2v) is 3.62. The lowest BCUT2D eigenvalue weighted by atomic mass is 10.1. The van der Waals surface area contributed by atoms with Crippen LogP contribution in [0.4, 0.5) is 0 Å². The van der Waals surface area contributed by atoms with E-state index >= 15 is 0 Å². The fourth-order valence-electron chi connectivity index (χ4n) is 1.29. The lowest BCUT2D eigenvalue weighted by Gasteiger charge is -2.05. The first kappa shape index (κ1) is 13.7. The molecule has 6 heteroatoms. The SMILES string of the molecule is O=C(O)CC[C@@H](N=Cc1ccccc1O)C(=O)O. The van der Waals surface area contributed by atoms with Crippen molar-refractivity contribution in [1.82, 2.24) is 0 Å². The van der Waals surface area contributed by atoms with E-state index in [4.69, 9.17) is 10.2 Å². The van der Waals surface area contributed by atoms with Gasteiger partial charge < -0.3 is 15.3 Å². The van der Waals surface area contributed by atoms with Crippen molar-refractivity contribution in [2.45, 2.75) is 18.9 Å². The van der Waals surface area contributed by atoms with Gasteiger partial charge in [0.15, 0.2) is 0 Å². The number of carboxylic acids is 2. The van der Waals surface area contributed by atoms with Gasteiger partial charge in [0.1, 0.15) is 11.8 Å². The molecule has 1 rings (SSSR count). The number of hydrogen-bond acceptors (Lipinski definition) is 4. The highest BCUT2D eigenvalue weighted by atomic mass is 16.4. The molecule has 96 valence electrons. The average Bonchev–Trinajstić information content (AvgIpc) is 2.30. The van der Waals surface area contributed by atoms with Crippen molar-refractivity contribution in [2.24, 2.45) is 4.99 Å². The Balaban J connectivity index is 2.74. The first-order valence-corrected chi connectivity index (χ1v) is 5.26. The molecule has 0 aromatic heterocycles. The van der Waals surface area contributed by atoms with Gasteiger partial charge in [0.2, 0.25) is 0 Å². The fraction of sp³-hybridized carbons (Fsp3) is 0.250. The number of carboxylic acid groups (broad SMARTS) is 2. The van der Waals surface area contributed by atoms with Crippen LogP contribution in [-0.4, -0.2) is 39.5 Å². The summed E-state index contributed by atoms with van der Waals surface area (Å²) in [5.74, 6) is -2.27. The van der Waals surface area contributed by atoms with Gasteiger partial charge in [0.05, 0.1) is 0 Å². The third-order valence-electron chi connectivity index (χ3n) is 2.25. The number of rotatable bonds is 6. The summed E-state index contributed by atoms with van der Waals surface area (Å²) in [7, 11) is 0. The van der Waals surface area contributed by atoms with Crippen LogP contribution in [0, 0.1) is 0 Å². The third kappa shape index (κ3) is 4.25. The molecular formula is C12H13NO5. The van der Waals surface area contributed by atoms with Gasteiger partial charge in [-0.25, -0.2) is 4.79 Å². The molecule has 0 saturated heterocycles. The van der Waals surface area contributed by atoms with Crippen LogP contribution in [0.15, 0.2) is 29.3 Å². The number of para-hydroxylation sites is 1. The van der Waals surface area contributed by atoms with Crippen molar-refractivity contribution in [3.05, 3.63) is 29.8 Å². The predicted molar refractivity (Wildman–Crippen MR) is 64.0 cm³/mol. The third-order valence-corrected chi connectivity index (χ3v) is 2.25. The van der Waals surface area contributed by atoms with E-state index in [1.165, 1.54) is 12.3 Å². The lowest BCUT2D eigenvalue weighted by molar-refractivity contribution is -0.139. The van der Waals surface area contributed by atoms with Crippen LogP contribution in [0.25, 0.3) is 0 Å². The zero-order valence-corrected chi connectivity index (χ0v) is 9.48. The molecule has 0 spiro atoms. The molecule has 1 aromatic rings. The number of carbonyl (C=O) groups is 2. The lowest BCUT2D eigenvalue weighted by Crippen LogP contribution is -2.19. The van der Waals surface area contributed by atoms with Crippen molar-refractivity contribution in [1.29, 1.82) is 0 Å². The highest BCUT2D eigenvalue weighted by Crippen LogP contribution is 2.13. The topological polar surface area (TPSA) is 107 Å². The monoisotopic (exact) mass is 251 g/mol. The van der Waals surface area contributed by atoms with Crippen LogP contribution in [0.1, 0.15) is 18.4 Å². The van der Waals surface area contributed by atoms with E-state index in [9.17, 15) is 14.7 Å². The maximum Gasteiger partial charge on any atom is 0.328 e. The molecule has 1 aromatic carbocycles. The summed E-state index contributed by atoms with van der Waals surface area (Å²) in [6.45, 7) is 0. The molecule has 3 N–H and O–H groups in total. The summed E-state index contributed by atoms with van der Waals surface area (Å²) in [5, 5.41) is 26.8. The Kier molecular flexibility index (Phi) is 4.86. The number of aliphatic carboxylic acids is 2. The summed E-state index contributed by atoms with van der Waals surface area (Å²) in [6, 6.07) is 5.21. The first-order chi connectivity index (χ1) is 8.50. The van der Waals surface area contributed by atoms with E-state index in [1.54, 1.807) is 18.2 Å². The standard InChI is InChI=1S/C12H13NO5/c14-10-4-2-1-3-8(10)7-13-9(12(17)18)5-6-11(15)16/h1-4,7,9,14H,5-6H2,(H,15,16)(H,17,18)/t9-/m1/s1. The number of hydrogen-bond donors (Lipinski definition) is 3. The molecule has 0 amide bonds. The molecule has 0 unspecified atom stereocenters. The molecular weight excluding hydrogens is 238 g/mol. The summed E-state index contributed by atoms with van der Waals surface area (Å²) in [4.78, 5) is 25.0. The molecule has 1 atom stereocenters. The van der Waals surface area contributed by atoms with E-state index in [2.05, 4.69) is 4.99 Å². The number of phenols is 1. The van der Waals surface area contributed by atoms with Crippen molar-refractivity contribution >= 4 is 18.2 Å². The smallest absolute Gasteiger partial charge is 0.328 e. The maximum absolute atomic E-state index is 10.8. The molecule has 0 aliphatic heterocycles. The van der Waals surface area contributed by atoms with Crippen LogP contribution < -0.4 is 0 Å². The molecule has 0 fully saturated rings. The minimum Gasteiger partial charge on any atom is -0.507 e. The molecule has 0 heterocycles. The van der Waals surface area contributed by atoms with E-state index in [1.807, 2.05) is 0 Å². The number of benzene rings is 1. The molecule has 6 nitrogen and oxygen atoms in total. The van der Waals surface area contributed by atoms with Crippen molar-refractivity contribution in [3.8, 4) is 5.75 Å². The quantitative estimate of drug-likeness (QED) is 0.657. The largest absolute Gasteiger partial charge is 0.507 e. The number of phenolic OH excluding ortho intramolecular Hbond substituents is 1. The summed E-state index contributed by atoms with van der Waals surface area (Å²) < 4.78 is 0. The molecule has 0 aliphatic rings. The average molecular weight is 251 g/mol. The van der Waals surface area contributed by atoms with Crippen LogP contribution in [0.5, 0.6) is 5.75 Å². The van der Waals surface area contributed by atoms with Crippen LogP contribution in [0.3, 0.4) is 0 Å². The van der Waals surface area contributed by atoms with Gasteiger partial charge in [-0.1, -0.05) is 12.1 Å². The Morgan fingerprint density at radius 2 is 1.94 bits per heavy atom. The fourth-order valence-corrected chi connectivity index (χ4v) is 1.29. The van der Waals surface area contributed by atoms with E-state index in [-0.39, 0.29) is 18.6 Å². The zero-order valence-electron chi connectivity index (χ0n) is 9.48. The van der Waals surface area contributed by atoms with E-state index < -0.39 is 18.0 Å².